The van der Waals surface area contributed by atoms with Crippen molar-refractivity contribution in [2.24, 2.45) is 0 Å². The molecule has 0 aliphatic rings. The van der Waals surface area contributed by atoms with Gasteiger partial charge in [0.15, 0.2) is 0 Å². The maximum absolute atomic E-state index is 11.7. The van der Waals surface area contributed by atoms with Crippen molar-refractivity contribution in [3.63, 3.8) is 0 Å². The summed E-state index contributed by atoms with van der Waals surface area (Å²) in [5, 5.41) is 14.4. The van der Waals surface area contributed by atoms with Crippen molar-refractivity contribution in [2.45, 2.75) is 52.0 Å². The van der Waals surface area contributed by atoms with Crippen molar-refractivity contribution in [2.75, 3.05) is 13.1 Å². The Morgan fingerprint density at radius 3 is 2.35 bits per heavy atom. The minimum absolute atomic E-state index is 0.167. The summed E-state index contributed by atoms with van der Waals surface area (Å²) in [6, 6.07) is -0.617. The Morgan fingerprint density at radius 2 is 1.82 bits per heavy atom. The number of amides is 1. The molecule has 0 spiro atoms. The Bertz CT molecular complexity index is 232. The van der Waals surface area contributed by atoms with Gasteiger partial charge < -0.3 is 15.7 Å². The van der Waals surface area contributed by atoms with Crippen molar-refractivity contribution in [3.05, 3.63) is 0 Å². The van der Waals surface area contributed by atoms with Gasteiger partial charge >= 0.3 is 5.97 Å². The first-order chi connectivity index (χ1) is 8.11. The average molecular weight is 244 g/mol. The summed E-state index contributed by atoms with van der Waals surface area (Å²) in [4.78, 5) is 22.3. The molecule has 5 nitrogen and oxygen atoms in total. The van der Waals surface area contributed by atoms with Crippen LogP contribution in [-0.2, 0) is 9.59 Å². The number of aliphatic carboxylic acids is 1. The Labute approximate surface area is 103 Å². The average Bonchev–Trinajstić information content (AvgIpc) is 2.29. The summed E-state index contributed by atoms with van der Waals surface area (Å²) in [6.07, 6.45) is 3.82. The van der Waals surface area contributed by atoms with Crippen LogP contribution in [-0.4, -0.2) is 36.1 Å². The molecule has 0 radical (unpaired) electrons. The molecular weight excluding hydrogens is 220 g/mol. The van der Waals surface area contributed by atoms with E-state index in [9.17, 15) is 9.59 Å². The molecule has 17 heavy (non-hydrogen) atoms. The van der Waals surface area contributed by atoms with E-state index in [0.29, 0.717) is 13.1 Å². The highest BCUT2D eigenvalue weighted by atomic mass is 16.4. The number of carbonyl (C=O) groups excluding carboxylic acids is 1. The van der Waals surface area contributed by atoms with Crippen LogP contribution in [0.15, 0.2) is 0 Å². The van der Waals surface area contributed by atoms with Gasteiger partial charge in [-0.15, -0.1) is 0 Å². The summed E-state index contributed by atoms with van der Waals surface area (Å²) >= 11 is 0. The van der Waals surface area contributed by atoms with Gasteiger partial charge in [-0.25, -0.2) is 0 Å². The zero-order valence-electron chi connectivity index (χ0n) is 10.8. The SMILES string of the molecule is CCCCCNC(=O)C(CC(=O)O)NCCC. The van der Waals surface area contributed by atoms with Crippen LogP contribution in [0.3, 0.4) is 0 Å². The maximum atomic E-state index is 11.7. The molecule has 0 aromatic rings. The molecule has 1 atom stereocenters. The third-order valence-corrected chi connectivity index (χ3v) is 2.42. The fourth-order valence-electron chi connectivity index (χ4n) is 1.46. The molecule has 0 bridgehead atoms. The first-order valence-corrected chi connectivity index (χ1v) is 6.34. The van der Waals surface area contributed by atoms with E-state index in [4.69, 9.17) is 5.11 Å². The molecule has 0 aliphatic heterocycles. The van der Waals surface area contributed by atoms with Gasteiger partial charge in [-0.05, 0) is 19.4 Å². The van der Waals surface area contributed by atoms with Crippen molar-refractivity contribution < 1.29 is 14.7 Å². The second kappa shape index (κ2) is 10.1. The van der Waals surface area contributed by atoms with Crippen molar-refractivity contribution in [1.29, 1.82) is 0 Å². The quantitative estimate of drug-likeness (QED) is 0.503. The molecule has 0 saturated heterocycles. The first kappa shape index (κ1) is 15.9. The minimum atomic E-state index is -0.956. The normalized spacial score (nSPS) is 12.1. The van der Waals surface area contributed by atoms with E-state index in [1.807, 2.05) is 6.92 Å². The monoisotopic (exact) mass is 244 g/mol. The Kier molecular flexibility index (Phi) is 9.43. The Hall–Kier alpha value is -1.10. The molecule has 1 unspecified atom stereocenters. The molecule has 1 amide bonds. The van der Waals surface area contributed by atoms with Crippen molar-refractivity contribution in [1.82, 2.24) is 10.6 Å². The van der Waals surface area contributed by atoms with Gasteiger partial charge in [-0.1, -0.05) is 26.7 Å². The highest BCUT2D eigenvalue weighted by Gasteiger charge is 2.20. The predicted octanol–water partition coefficient (Wildman–Crippen LogP) is 1.14. The molecule has 0 rings (SSSR count). The van der Waals surface area contributed by atoms with Gasteiger partial charge in [0.1, 0.15) is 0 Å². The predicted molar refractivity (Wildman–Crippen MR) is 66.9 cm³/mol. The van der Waals surface area contributed by atoms with Crippen LogP contribution in [0.25, 0.3) is 0 Å². The van der Waals surface area contributed by atoms with Gasteiger partial charge in [0.25, 0.3) is 0 Å². The lowest BCUT2D eigenvalue weighted by Crippen LogP contribution is -2.46. The molecule has 0 aliphatic carbocycles. The third kappa shape index (κ3) is 8.68. The second-order valence-electron chi connectivity index (χ2n) is 4.10. The van der Waals surface area contributed by atoms with E-state index < -0.39 is 12.0 Å². The van der Waals surface area contributed by atoms with Gasteiger partial charge in [0.2, 0.25) is 5.91 Å². The number of carboxylic acids is 1. The van der Waals surface area contributed by atoms with Crippen LogP contribution < -0.4 is 10.6 Å². The molecule has 100 valence electrons. The zero-order chi connectivity index (χ0) is 13.1. The van der Waals surface area contributed by atoms with Gasteiger partial charge in [0, 0.05) is 6.54 Å². The van der Waals surface area contributed by atoms with E-state index in [-0.39, 0.29) is 12.3 Å². The topological polar surface area (TPSA) is 78.4 Å². The number of hydrogen-bond donors (Lipinski definition) is 3. The molecule has 0 aromatic heterocycles. The molecule has 0 fully saturated rings. The second-order valence-corrected chi connectivity index (χ2v) is 4.10. The molecular formula is C12H24N2O3. The fraction of sp³-hybridized carbons (Fsp3) is 0.833. The number of carboxylic acid groups (broad SMARTS) is 1. The van der Waals surface area contributed by atoms with Crippen LogP contribution in [0.1, 0.15) is 46.0 Å². The van der Waals surface area contributed by atoms with Crippen molar-refractivity contribution in [3.8, 4) is 0 Å². The van der Waals surface area contributed by atoms with Gasteiger partial charge in [0.05, 0.1) is 12.5 Å². The summed E-state index contributed by atoms with van der Waals surface area (Å²) in [7, 11) is 0. The van der Waals surface area contributed by atoms with E-state index in [1.165, 1.54) is 0 Å². The number of hydrogen-bond acceptors (Lipinski definition) is 3. The van der Waals surface area contributed by atoms with Crippen LogP contribution in [0.4, 0.5) is 0 Å². The van der Waals surface area contributed by atoms with Crippen LogP contribution in [0.2, 0.25) is 0 Å². The van der Waals surface area contributed by atoms with E-state index in [0.717, 1.165) is 25.7 Å². The minimum Gasteiger partial charge on any atom is -0.481 e. The lowest BCUT2D eigenvalue weighted by atomic mass is 10.2. The summed E-state index contributed by atoms with van der Waals surface area (Å²) in [5.74, 6) is -1.17. The zero-order valence-corrected chi connectivity index (χ0v) is 10.8. The standard InChI is InChI=1S/C12H24N2O3/c1-3-5-6-8-14-12(17)10(9-11(15)16)13-7-4-2/h10,13H,3-9H2,1-2H3,(H,14,17)(H,15,16). The fourth-order valence-corrected chi connectivity index (χ4v) is 1.46. The van der Waals surface area contributed by atoms with E-state index in [1.54, 1.807) is 0 Å². The van der Waals surface area contributed by atoms with Crippen LogP contribution in [0.5, 0.6) is 0 Å². The molecule has 5 heteroatoms. The lowest BCUT2D eigenvalue weighted by molar-refractivity contribution is -0.140. The third-order valence-electron chi connectivity index (χ3n) is 2.42. The molecule has 0 heterocycles. The summed E-state index contributed by atoms with van der Waals surface area (Å²) < 4.78 is 0. The molecule has 0 aromatic carbocycles. The number of rotatable bonds is 10. The smallest absolute Gasteiger partial charge is 0.305 e. The van der Waals surface area contributed by atoms with E-state index >= 15 is 0 Å². The molecule has 0 saturated carbocycles. The molecule has 3 N–H and O–H groups in total. The Morgan fingerprint density at radius 1 is 1.12 bits per heavy atom. The lowest BCUT2D eigenvalue weighted by Gasteiger charge is -2.16. The van der Waals surface area contributed by atoms with Gasteiger partial charge in [-0.3, -0.25) is 9.59 Å². The summed E-state index contributed by atoms with van der Waals surface area (Å²) in [5.41, 5.74) is 0. The number of carbonyl (C=O) groups is 2. The van der Waals surface area contributed by atoms with Crippen LogP contribution >= 0.6 is 0 Å². The highest BCUT2D eigenvalue weighted by molar-refractivity contribution is 5.86. The number of unbranched alkanes of at least 4 members (excludes halogenated alkanes) is 2. The van der Waals surface area contributed by atoms with Crippen molar-refractivity contribution >= 4 is 11.9 Å². The summed E-state index contributed by atoms with van der Waals surface area (Å²) in [6.45, 7) is 5.35. The first-order valence-electron chi connectivity index (χ1n) is 6.34. The Balaban J connectivity index is 3.98. The van der Waals surface area contributed by atoms with Gasteiger partial charge in [-0.2, -0.15) is 0 Å². The number of nitrogens with one attached hydrogen (secondary N) is 2. The van der Waals surface area contributed by atoms with E-state index in [2.05, 4.69) is 17.6 Å². The highest BCUT2D eigenvalue weighted by Crippen LogP contribution is 1.95. The van der Waals surface area contributed by atoms with Crippen LogP contribution in [0, 0.1) is 0 Å². The maximum Gasteiger partial charge on any atom is 0.305 e. The largest absolute Gasteiger partial charge is 0.481 e.